The van der Waals surface area contributed by atoms with Crippen molar-refractivity contribution in [3.8, 4) is 0 Å². The van der Waals surface area contributed by atoms with Crippen molar-refractivity contribution in [2.24, 2.45) is 35.0 Å². The van der Waals surface area contributed by atoms with Crippen LogP contribution in [0.3, 0.4) is 0 Å². The van der Waals surface area contributed by atoms with Gasteiger partial charge in [-0.2, -0.15) is 11.8 Å². The van der Waals surface area contributed by atoms with Gasteiger partial charge in [0.05, 0.1) is 32.6 Å². The fraction of sp³-hybridized carbons (Fsp3) is 0.681. The van der Waals surface area contributed by atoms with E-state index >= 15 is 0 Å². The Kier molecular flexibility index (Phi) is 33.7. The molecule has 0 aliphatic carbocycles. The summed E-state index contributed by atoms with van der Waals surface area (Å²) >= 11 is 1.30. The molecule has 0 rings (SSSR count). The topological polar surface area (TPSA) is 556 Å². The minimum absolute atomic E-state index is 0.00267. The maximum Gasteiger partial charge on any atom is 0.326 e. The van der Waals surface area contributed by atoms with Crippen molar-refractivity contribution in [3.63, 3.8) is 0 Å². The molecule has 0 radical (unpaired) electrons. The first-order valence-corrected chi connectivity index (χ1v) is 26.8. The molecule has 0 fully saturated rings. The summed E-state index contributed by atoms with van der Waals surface area (Å²) < 4.78 is 0. The van der Waals surface area contributed by atoms with Crippen LogP contribution in [0.2, 0.25) is 0 Å². The summed E-state index contributed by atoms with van der Waals surface area (Å²) in [6.45, 7) is 6.04. The highest BCUT2D eigenvalue weighted by molar-refractivity contribution is 7.98. The van der Waals surface area contributed by atoms with E-state index in [1.807, 2.05) is 0 Å². The third kappa shape index (κ3) is 27.3. The van der Waals surface area contributed by atoms with Gasteiger partial charge in [0, 0.05) is 12.8 Å². The highest BCUT2D eigenvalue weighted by atomic mass is 32.2. The van der Waals surface area contributed by atoms with E-state index in [0.717, 1.165) is 0 Å². The first-order chi connectivity index (χ1) is 37.8. The van der Waals surface area contributed by atoms with Crippen molar-refractivity contribution in [2.75, 3.05) is 31.8 Å². The molecule has 0 spiro atoms. The smallest absolute Gasteiger partial charge is 0.326 e. The summed E-state index contributed by atoms with van der Waals surface area (Å²) in [4.78, 5) is 193. The van der Waals surface area contributed by atoms with Gasteiger partial charge in [0.1, 0.15) is 60.4 Å². The van der Waals surface area contributed by atoms with Crippen LogP contribution in [0.5, 0.6) is 0 Å². The number of hydrogen-bond donors (Lipinski definition) is 18. The first kappa shape index (κ1) is 73.3. The maximum atomic E-state index is 14.0. The largest absolute Gasteiger partial charge is 0.481 e. The number of carboxylic acid groups (broad SMARTS) is 3. The van der Waals surface area contributed by atoms with Gasteiger partial charge < -0.3 is 95.9 Å². The number of rotatable bonds is 40. The Labute approximate surface area is 470 Å². The zero-order chi connectivity index (χ0) is 62.4. The van der Waals surface area contributed by atoms with Gasteiger partial charge >= 0.3 is 17.9 Å². The van der Waals surface area contributed by atoms with Crippen molar-refractivity contribution in [1.29, 1.82) is 0 Å². The Morgan fingerprint density at radius 2 is 0.753 bits per heavy atom. The molecule has 12 amide bonds. The Balaban J connectivity index is 6.64. The van der Waals surface area contributed by atoms with Crippen LogP contribution in [0.15, 0.2) is 0 Å². The predicted molar refractivity (Wildman–Crippen MR) is 284 cm³/mol. The average molecular weight is 1180 g/mol. The van der Waals surface area contributed by atoms with Gasteiger partial charge in [0.15, 0.2) is 0 Å². The Morgan fingerprint density at radius 1 is 0.432 bits per heavy atom. The summed E-state index contributed by atoms with van der Waals surface area (Å²) in [5.74, 6) is -19.8. The van der Waals surface area contributed by atoms with Crippen molar-refractivity contribution in [2.45, 2.75) is 153 Å². The molecule has 0 aromatic heterocycles. The maximum absolute atomic E-state index is 14.0. The van der Waals surface area contributed by atoms with Crippen LogP contribution in [0.4, 0.5) is 0 Å². The SMILES string of the molecule is CC[C@H](C)[C@H](NC(=O)[C@H](CO)NC(=O)[C@H](CC(=O)O)NC(=O)[C@H](CCC(N)=O)NC(=O)[C@H](CO)NC(=O)[C@@H](NC(=O)[C@H](CC(=O)O)NC(=O)CN)C(C)C)C(=O)N[C@@H](CCC(N)=O)C(=O)N[C@@H](CCSC)C(=O)N[C@H](C(=O)O)C(C)C. The van der Waals surface area contributed by atoms with Crippen molar-refractivity contribution in [3.05, 3.63) is 0 Å². The highest BCUT2D eigenvalue weighted by Gasteiger charge is 2.38. The standard InChI is InChI=1S/C47H79N13O20S/c1-8-22(6)37(46(78)54-24(10-12-31(50)64)38(70)53-25(13-14-81-7)40(72)59-36(21(4)5)47(79)80)60-44(76)29(19-62)56-41(73)27(16-34(68)69)55-39(71)23(9-11-30(49)63)52-43(75)28(18-61)57-45(77)35(20(2)3)58-42(74)26(15-33(66)67)51-32(65)17-48/h20-29,35-37,61-62H,8-19,48H2,1-7H3,(H2,49,63)(H2,50,64)(H,51,65)(H,52,75)(H,53,70)(H,54,78)(H,55,71)(H,56,73)(H,57,77)(H,58,74)(H,59,72)(H,60,76)(H,66,67)(H,68,69)(H,79,80)/t22-,23-,24-,25-,26-,27-,28-,29-,35-,36-,37-/m0/s1. The molecule has 0 aliphatic heterocycles. The third-order valence-corrected chi connectivity index (χ3v) is 12.6. The molecule has 0 aliphatic rings. The van der Waals surface area contributed by atoms with Crippen LogP contribution in [0.25, 0.3) is 0 Å². The first-order valence-electron chi connectivity index (χ1n) is 25.4. The van der Waals surface area contributed by atoms with E-state index in [4.69, 9.17) is 17.2 Å². The normalized spacial score (nSPS) is 15.1. The number of aliphatic carboxylic acids is 3. The number of primary amides is 2. The number of thioether (sulfide) groups is 1. The van der Waals surface area contributed by atoms with E-state index in [1.165, 1.54) is 32.5 Å². The molecule has 0 heterocycles. The number of aliphatic hydroxyl groups is 2. The summed E-state index contributed by atoms with van der Waals surface area (Å²) in [7, 11) is 0. The molecule has 0 aromatic rings. The molecule has 0 saturated carbocycles. The summed E-state index contributed by atoms with van der Waals surface area (Å²) in [6, 6.07) is -17.0. The number of nitrogens with one attached hydrogen (secondary N) is 10. The van der Waals surface area contributed by atoms with E-state index in [-0.39, 0.29) is 12.8 Å². The molecule has 11 atom stereocenters. The van der Waals surface area contributed by atoms with Crippen LogP contribution in [-0.4, -0.2) is 207 Å². The predicted octanol–water partition coefficient (Wildman–Crippen LogP) is -7.55. The zero-order valence-electron chi connectivity index (χ0n) is 46.0. The van der Waals surface area contributed by atoms with Crippen LogP contribution in [-0.2, 0) is 71.9 Å². The van der Waals surface area contributed by atoms with Crippen LogP contribution in [0.1, 0.15) is 92.9 Å². The van der Waals surface area contributed by atoms with Gasteiger partial charge in [-0.1, -0.05) is 48.0 Å². The van der Waals surface area contributed by atoms with Crippen LogP contribution >= 0.6 is 11.8 Å². The fourth-order valence-electron chi connectivity index (χ4n) is 7.15. The Hall–Kier alpha value is -7.72. The molecule has 0 saturated heterocycles. The van der Waals surface area contributed by atoms with Gasteiger partial charge in [0.25, 0.3) is 0 Å². The number of nitrogens with two attached hydrogens (primary N) is 3. The van der Waals surface area contributed by atoms with Gasteiger partial charge in [0.2, 0.25) is 70.9 Å². The highest BCUT2D eigenvalue weighted by Crippen LogP contribution is 2.13. The minimum Gasteiger partial charge on any atom is -0.481 e. The molecule has 21 N–H and O–H groups in total. The molecule has 33 nitrogen and oxygen atoms in total. The van der Waals surface area contributed by atoms with E-state index in [9.17, 15) is 97.5 Å². The average Bonchev–Trinajstić information content (AvgIpc) is 3.38. The third-order valence-electron chi connectivity index (χ3n) is 12.0. The molecule has 458 valence electrons. The number of amides is 12. The minimum atomic E-state index is -2.13. The molecule has 34 heteroatoms. The quantitative estimate of drug-likeness (QED) is 0.0271. The van der Waals surface area contributed by atoms with E-state index in [2.05, 4.69) is 53.2 Å². The monoisotopic (exact) mass is 1180 g/mol. The summed E-state index contributed by atoms with van der Waals surface area (Å²) in [5.41, 5.74) is 15.8. The van der Waals surface area contributed by atoms with E-state index in [0.29, 0.717) is 5.75 Å². The molecule has 0 aromatic carbocycles. The van der Waals surface area contributed by atoms with Gasteiger partial charge in [-0.05, 0) is 49.0 Å². The number of carboxylic acids is 3. The lowest BCUT2D eigenvalue weighted by Crippen LogP contribution is -2.62. The van der Waals surface area contributed by atoms with E-state index in [1.54, 1.807) is 27.0 Å². The Bertz CT molecular complexity index is 2260. The number of carbonyl (C=O) groups excluding carboxylic acids is 12. The van der Waals surface area contributed by atoms with E-state index < -0.39 is 225 Å². The van der Waals surface area contributed by atoms with Crippen molar-refractivity contribution in [1.82, 2.24) is 53.2 Å². The fourth-order valence-corrected chi connectivity index (χ4v) is 7.62. The summed E-state index contributed by atoms with van der Waals surface area (Å²) in [5, 5.41) is 71.4. The lowest BCUT2D eigenvalue weighted by Gasteiger charge is -2.29. The lowest BCUT2D eigenvalue weighted by molar-refractivity contribution is -0.143. The number of aliphatic hydroxyl groups excluding tert-OH is 2. The van der Waals surface area contributed by atoms with Crippen molar-refractivity contribution < 1.29 is 97.5 Å². The number of carbonyl (C=O) groups is 15. The second kappa shape index (κ2) is 37.3. The summed E-state index contributed by atoms with van der Waals surface area (Å²) in [6.07, 6.45) is -2.44. The molecule has 0 unspecified atom stereocenters. The Morgan fingerprint density at radius 3 is 1.15 bits per heavy atom. The second-order valence-corrected chi connectivity index (χ2v) is 20.2. The lowest BCUT2D eigenvalue weighted by atomic mass is 9.97. The van der Waals surface area contributed by atoms with Crippen LogP contribution in [0, 0.1) is 17.8 Å². The molecule has 81 heavy (non-hydrogen) atoms. The second-order valence-electron chi connectivity index (χ2n) is 19.2. The van der Waals surface area contributed by atoms with Crippen LogP contribution < -0.4 is 70.4 Å². The molecular formula is C47H79N13O20S. The van der Waals surface area contributed by atoms with Gasteiger partial charge in [-0.3, -0.25) is 67.1 Å². The van der Waals surface area contributed by atoms with Crippen molar-refractivity contribution >= 4 is 101 Å². The van der Waals surface area contributed by atoms with Gasteiger partial charge in [-0.15, -0.1) is 0 Å². The van der Waals surface area contributed by atoms with Gasteiger partial charge in [-0.25, -0.2) is 4.79 Å². The molecule has 0 bridgehead atoms. The zero-order valence-corrected chi connectivity index (χ0v) is 46.8. The molecular weight excluding hydrogens is 1100 g/mol. The number of hydrogen-bond acceptors (Lipinski definition) is 19.